The number of hydrogen-bond donors (Lipinski definition) is 0. The first-order valence-electron chi connectivity index (χ1n) is 7.28. The van der Waals surface area contributed by atoms with Crippen LogP contribution in [-0.4, -0.2) is 37.7 Å². The maximum atomic E-state index is 11.5. The molecule has 6 heteroatoms. The van der Waals surface area contributed by atoms with Gasteiger partial charge in [0.1, 0.15) is 6.04 Å². The van der Waals surface area contributed by atoms with Gasteiger partial charge in [-0.2, -0.15) is 0 Å². The van der Waals surface area contributed by atoms with Gasteiger partial charge in [0.25, 0.3) is 0 Å². The Morgan fingerprint density at radius 2 is 1.91 bits per heavy atom. The average molecular weight is 308 g/mol. The van der Waals surface area contributed by atoms with Crippen molar-refractivity contribution in [2.24, 2.45) is 4.99 Å². The summed E-state index contributed by atoms with van der Waals surface area (Å²) >= 11 is 0. The van der Waals surface area contributed by atoms with Gasteiger partial charge in [-0.3, -0.25) is 15.1 Å². The van der Waals surface area contributed by atoms with Crippen molar-refractivity contribution in [2.45, 2.75) is 44.1 Å². The lowest BCUT2D eigenvalue weighted by Crippen LogP contribution is -2.36. The van der Waals surface area contributed by atoms with Crippen molar-refractivity contribution in [3.63, 3.8) is 0 Å². The molecule has 1 rings (SSSR count). The summed E-state index contributed by atoms with van der Waals surface area (Å²) in [6.07, 6.45) is 1.32. The lowest BCUT2D eigenvalue weighted by Gasteiger charge is -2.30. The van der Waals surface area contributed by atoms with Gasteiger partial charge in [0.15, 0.2) is 5.79 Å². The van der Waals surface area contributed by atoms with Crippen molar-refractivity contribution in [3.8, 4) is 0 Å². The molecule has 0 aliphatic carbocycles. The SMILES string of the molecule is C=NC(c1ccccc1)C(CCC(CC)(OC)OC)[N+](=O)[O-]. The Balaban J connectivity index is 2.93. The number of ether oxygens (including phenoxy) is 2. The standard InChI is InChI=1S/C16H24N2O4/c1-5-16(21-3,22-4)12-11-14(18(19)20)15(17-2)13-9-7-6-8-10-13/h6-10,14-15H,2,5,11-12H2,1,3-4H3. The lowest BCUT2D eigenvalue weighted by molar-refractivity contribution is -0.528. The Morgan fingerprint density at radius 3 is 2.32 bits per heavy atom. The molecule has 1 aromatic carbocycles. The number of methoxy groups -OCH3 is 2. The summed E-state index contributed by atoms with van der Waals surface area (Å²) in [5.74, 6) is -0.795. The van der Waals surface area contributed by atoms with Crippen LogP contribution in [0.4, 0.5) is 0 Å². The third kappa shape index (κ3) is 4.35. The number of rotatable bonds is 10. The molecule has 0 N–H and O–H groups in total. The van der Waals surface area contributed by atoms with Crippen LogP contribution in [0, 0.1) is 10.1 Å². The topological polar surface area (TPSA) is 74.0 Å². The summed E-state index contributed by atoms with van der Waals surface area (Å²) < 4.78 is 10.8. The molecule has 122 valence electrons. The Labute approximate surface area is 131 Å². The molecule has 0 saturated carbocycles. The second-order valence-electron chi connectivity index (χ2n) is 5.10. The number of aliphatic imine (C=N–C) groups is 1. The second kappa shape index (κ2) is 8.60. The molecule has 0 amide bonds. The zero-order valence-electron chi connectivity index (χ0n) is 13.4. The highest BCUT2D eigenvalue weighted by Gasteiger charge is 2.36. The van der Waals surface area contributed by atoms with E-state index in [9.17, 15) is 10.1 Å². The van der Waals surface area contributed by atoms with Gasteiger partial charge in [-0.25, -0.2) is 0 Å². The molecule has 0 spiro atoms. The fourth-order valence-electron chi connectivity index (χ4n) is 2.60. The van der Waals surface area contributed by atoms with Crippen LogP contribution < -0.4 is 0 Å². The molecule has 0 fully saturated rings. The van der Waals surface area contributed by atoms with Crippen molar-refractivity contribution < 1.29 is 14.4 Å². The first-order valence-corrected chi connectivity index (χ1v) is 7.28. The molecular formula is C16H24N2O4. The maximum absolute atomic E-state index is 11.5. The molecule has 0 heterocycles. The second-order valence-corrected chi connectivity index (χ2v) is 5.10. The van der Waals surface area contributed by atoms with Gasteiger partial charge in [-0.1, -0.05) is 37.3 Å². The van der Waals surface area contributed by atoms with E-state index in [1.807, 2.05) is 37.3 Å². The smallest absolute Gasteiger partial charge is 0.239 e. The van der Waals surface area contributed by atoms with E-state index < -0.39 is 17.9 Å². The highest BCUT2D eigenvalue weighted by atomic mass is 16.7. The van der Waals surface area contributed by atoms with Crippen LogP contribution in [0.1, 0.15) is 37.8 Å². The lowest BCUT2D eigenvalue weighted by atomic mass is 9.94. The minimum atomic E-state index is -0.865. The molecule has 0 radical (unpaired) electrons. The predicted octanol–water partition coefficient (Wildman–Crippen LogP) is 3.25. The van der Waals surface area contributed by atoms with Crippen molar-refractivity contribution in [2.75, 3.05) is 14.2 Å². The van der Waals surface area contributed by atoms with Crippen molar-refractivity contribution >= 4 is 6.72 Å². The summed E-state index contributed by atoms with van der Waals surface area (Å²) in [7, 11) is 3.10. The van der Waals surface area contributed by atoms with Crippen LogP contribution in [0.3, 0.4) is 0 Å². The number of nitrogens with zero attached hydrogens (tertiary/aromatic N) is 2. The van der Waals surface area contributed by atoms with Gasteiger partial charge in [0.2, 0.25) is 6.04 Å². The third-order valence-corrected chi connectivity index (χ3v) is 4.08. The van der Waals surface area contributed by atoms with Crippen LogP contribution >= 0.6 is 0 Å². The van der Waals surface area contributed by atoms with E-state index in [1.54, 1.807) is 14.2 Å². The van der Waals surface area contributed by atoms with Crippen LogP contribution in [0.2, 0.25) is 0 Å². The zero-order chi connectivity index (χ0) is 16.6. The number of hydrogen-bond acceptors (Lipinski definition) is 5. The van der Waals surface area contributed by atoms with Crippen LogP contribution in [0.25, 0.3) is 0 Å². The fourth-order valence-corrected chi connectivity index (χ4v) is 2.60. The molecule has 0 aromatic heterocycles. The molecule has 1 aromatic rings. The number of benzene rings is 1. The Hall–Kier alpha value is -1.79. The summed E-state index contributed by atoms with van der Waals surface area (Å²) in [6, 6.07) is 7.75. The molecule has 22 heavy (non-hydrogen) atoms. The molecular weight excluding hydrogens is 284 g/mol. The predicted molar refractivity (Wildman–Crippen MR) is 85.8 cm³/mol. The third-order valence-electron chi connectivity index (χ3n) is 4.08. The first-order chi connectivity index (χ1) is 10.5. The molecule has 2 unspecified atom stereocenters. The summed E-state index contributed by atoms with van der Waals surface area (Å²) in [5.41, 5.74) is 0.788. The number of nitro groups is 1. The Morgan fingerprint density at radius 1 is 1.32 bits per heavy atom. The van der Waals surface area contributed by atoms with Crippen LogP contribution in [-0.2, 0) is 9.47 Å². The van der Waals surface area contributed by atoms with E-state index in [4.69, 9.17) is 9.47 Å². The first kappa shape index (κ1) is 18.3. The molecule has 0 aliphatic rings. The fraction of sp³-hybridized carbons (Fsp3) is 0.562. The summed E-state index contributed by atoms with van der Waals surface area (Å²) in [6.45, 7) is 5.45. The molecule has 0 saturated heterocycles. The van der Waals surface area contributed by atoms with Gasteiger partial charge in [-0.15, -0.1) is 0 Å². The molecule has 0 bridgehead atoms. The van der Waals surface area contributed by atoms with E-state index in [1.165, 1.54) is 0 Å². The van der Waals surface area contributed by atoms with Crippen molar-refractivity contribution in [1.29, 1.82) is 0 Å². The quantitative estimate of drug-likeness (QED) is 0.288. The van der Waals surface area contributed by atoms with Crippen LogP contribution in [0.5, 0.6) is 0 Å². The minimum Gasteiger partial charge on any atom is -0.353 e. The van der Waals surface area contributed by atoms with Crippen molar-refractivity contribution in [3.05, 3.63) is 46.0 Å². The highest BCUT2D eigenvalue weighted by Crippen LogP contribution is 2.30. The Kier molecular flexibility index (Phi) is 7.14. The Bertz CT molecular complexity index is 466. The van der Waals surface area contributed by atoms with Gasteiger partial charge < -0.3 is 9.47 Å². The summed E-state index contributed by atoms with van der Waals surface area (Å²) in [5, 5.41) is 11.5. The maximum Gasteiger partial charge on any atom is 0.239 e. The monoisotopic (exact) mass is 308 g/mol. The van der Waals surface area contributed by atoms with Crippen LogP contribution in [0.15, 0.2) is 35.3 Å². The van der Waals surface area contributed by atoms with E-state index >= 15 is 0 Å². The normalized spacial score (nSPS) is 14.3. The average Bonchev–Trinajstić information content (AvgIpc) is 2.56. The molecule has 2 atom stereocenters. The van der Waals surface area contributed by atoms with Gasteiger partial charge in [0.05, 0.1) is 0 Å². The van der Waals surface area contributed by atoms with Crippen molar-refractivity contribution in [1.82, 2.24) is 0 Å². The van der Waals surface area contributed by atoms with Gasteiger partial charge in [-0.05, 0) is 18.7 Å². The van der Waals surface area contributed by atoms with E-state index in [-0.39, 0.29) is 4.92 Å². The summed E-state index contributed by atoms with van der Waals surface area (Å²) in [4.78, 5) is 15.2. The van der Waals surface area contributed by atoms with E-state index in [0.29, 0.717) is 19.3 Å². The largest absolute Gasteiger partial charge is 0.353 e. The minimum absolute atomic E-state index is 0.293. The molecule has 6 nitrogen and oxygen atoms in total. The van der Waals surface area contributed by atoms with Gasteiger partial charge in [0, 0.05) is 32.0 Å². The van der Waals surface area contributed by atoms with E-state index in [0.717, 1.165) is 5.56 Å². The van der Waals surface area contributed by atoms with Gasteiger partial charge >= 0.3 is 0 Å². The van der Waals surface area contributed by atoms with E-state index in [2.05, 4.69) is 11.7 Å². The molecule has 0 aliphatic heterocycles. The zero-order valence-corrected chi connectivity index (χ0v) is 13.4. The highest BCUT2D eigenvalue weighted by molar-refractivity contribution is 5.29.